The predicted molar refractivity (Wildman–Crippen MR) is 145 cm³/mol. The van der Waals surface area contributed by atoms with Gasteiger partial charge in [0.25, 0.3) is 0 Å². The highest BCUT2D eigenvalue weighted by Crippen LogP contribution is 2.41. The van der Waals surface area contributed by atoms with E-state index < -0.39 is 35.2 Å². The minimum atomic E-state index is -4.80. The Balaban J connectivity index is 1.78. The number of ether oxygens (including phenoxy) is 2. The molecule has 0 bridgehead atoms. The lowest BCUT2D eigenvalue weighted by atomic mass is 9.81. The fraction of sp³-hybridized carbons (Fsp3) is 0.536. The summed E-state index contributed by atoms with van der Waals surface area (Å²) < 4.78 is 66.9. The molecule has 0 aliphatic heterocycles. The zero-order valence-electron chi connectivity index (χ0n) is 21.8. The number of aromatic nitrogens is 1. The summed E-state index contributed by atoms with van der Waals surface area (Å²) in [6, 6.07) is 2.61. The Morgan fingerprint density at radius 1 is 1.03 bits per heavy atom. The summed E-state index contributed by atoms with van der Waals surface area (Å²) in [5.41, 5.74) is -1.28. The van der Waals surface area contributed by atoms with Crippen LogP contribution in [0.4, 0.5) is 23.2 Å². The number of esters is 1. The lowest BCUT2D eigenvalue weighted by Crippen LogP contribution is -2.46. The van der Waals surface area contributed by atoms with Crippen LogP contribution < -0.4 is 9.64 Å². The summed E-state index contributed by atoms with van der Waals surface area (Å²) in [4.78, 5) is 32.1. The zero-order chi connectivity index (χ0) is 28.3. The average Bonchev–Trinajstić information content (AvgIpc) is 2.91. The van der Waals surface area contributed by atoms with Crippen LogP contribution in [0, 0.1) is 21.2 Å². The maximum Gasteiger partial charge on any atom is 0.421 e. The molecule has 2 saturated carbocycles. The third kappa shape index (κ3) is 6.83. The second-order valence-electron chi connectivity index (χ2n) is 10.4. The molecule has 1 aromatic heterocycles. The number of hydrogen-bond donors (Lipinski definition) is 0. The molecule has 4 rings (SSSR count). The number of pyridine rings is 1. The molecular weight excluding hydrogens is 631 g/mol. The first-order valence-electron chi connectivity index (χ1n) is 13.1. The number of benzene rings is 1. The molecule has 6 nitrogen and oxygen atoms in total. The highest BCUT2D eigenvalue weighted by atomic mass is 127. The molecule has 2 fully saturated rings. The molecular formula is C28H31F4IN2O4. The van der Waals surface area contributed by atoms with Crippen molar-refractivity contribution in [3.63, 3.8) is 0 Å². The number of alkyl halides is 3. The van der Waals surface area contributed by atoms with E-state index in [0.717, 1.165) is 63.6 Å². The largest absolute Gasteiger partial charge is 0.465 e. The lowest BCUT2D eigenvalue weighted by molar-refractivity contribution is -0.139. The van der Waals surface area contributed by atoms with E-state index in [1.54, 1.807) is 27.5 Å². The zero-order valence-corrected chi connectivity index (χ0v) is 24.0. The minimum Gasteiger partial charge on any atom is -0.465 e. The number of carbonyl (C=O) groups is 2. The third-order valence-electron chi connectivity index (χ3n) is 7.59. The van der Waals surface area contributed by atoms with Crippen LogP contribution in [0.1, 0.15) is 80.6 Å². The van der Waals surface area contributed by atoms with Gasteiger partial charge in [0.1, 0.15) is 5.56 Å². The number of rotatable bonds is 6. The Morgan fingerprint density at radius 2 is 1.69 bits per heavy atom. The molecule has 0 N–H and O–H groups in total. The van der Waals surface area contributed by atoms with Crippen LogP contribution in [0.15, 0.2) is 24.4 Å². The first-order chi connectivity index (χ1) is 18.5. The molecule has 1 amide bonds. The maximum absolute atomic E-state index is 15.5. The summed E-state index contributed by atoms with van der Waals surface area (Å²) in [7, 11) is 1.15. The van der Waals surface area contributed by atoms with Crippen molar-refractivity contribution in [2.24, 2.45) is 11.8 Å². The Bertz CT molecular complexity index is 1210. The second kappa shape index (κ2) is 12.4. The van der Waals surface area contributed by atoms with Crippen LogP contribution in [0.5, 0.6) is 11.6 Å². The van der Waals surface area contributed by atoms with E-state index in [0.29, 0.717) is 31.6 Å². The van der Waals surface area contributed by atoms with Gasteiger partial charge in [-0.05, 0) is 73.1 Å². The van der Waals surface area contributed by atoms with Crippen LogP contribution in [0.3, 0.4) is 0 Å². The number of methoxy groups -OCH3 is 1. The van der Waals surface area contributed by atoms with Crippen LogP contribution in [0.25, 0.3) is 0 Å². The second-order valence-corrected chi connectivity index (χ2v) is 11.6. The topological polar surface area (TPSA) is 68.7 Å². The number of carbonyl (C=O) groups excluding carboxylic acids is 2. The Hall–Kier alpha value is -2.44. The van der Waals surface area contributed by atoms with E-state index in [4.69, 9.17) is 9.47 Å². The van der Waals surface area contributed by atoms with Crippen LogP contribution in [-0.4, -0.2) is 30.0 Å². The molecule has 0 radical (unpaired) electrons. The highest BCUT2D eigenvalue weighted by molar-refractivity contribution is 14.1. The third-order valence-corrected chi connectivity index (χ3v) is 8.18. The van der Waals surface area contributed by atoms with Crippen molar-refractivity contribution in [1.29, 1.82) is 0 Å². The molecule has 0 saturated heterocycles. The lowest BCUT2D eigenvalue weighted by Gasteiger charge is -2.38. The van der Waals surface area contributed by atoms with Crippen molar-refractivity contribution < 1.29 is 36.6 Å². The quantitative estimate of drug-likeness (QED) is 0.179. The van der Waals surface area contributed by atoms with Crippen molar-refractivity contribution in [3.05, 3.63) is 44.9 Å². The van der Waals surface area contributed by atoms with Crippen molar-refractivity contribution in [2.45, 2.75) is 76.9 Å². The van der Waals surface area contributed by atoms with E-state index in [2.05, 4.69) is 11.9 Å². The molecule has 0 unspecified atom stereocenters. The van der Waals surface area contributed by atoms with Gasteiger partial charge in [0, 0.05) is 33.9 Å². The van der Waals surface area contributed by atoms with Crippen LogP contribution in [0.2, 0.25) is 0 Å². The van der Waals surface area contributed by atoms with E-state index in [1.165, 1.54) is 0 Å². The fourth-order valence-corrected chi connectivity index (χ4v) is 5.90. The van der Waals surface area contributed by atoms with Crippen LogP contribution in [-0.2, 0) is 15.7 Å². The first kappa shape index (κ1) is 29.5. The van der Waals surface area contributed by atoms with E-state index in [1.807, 2.05) is 0 Å². The Labute approximate surface area is 238 Å². The van der Waals surface area contributed by atoms with E-state index >= 15 is 4.39 Å². The minimum absolute atomic E-state index is 0.0498. The van der Waals surface area contributed by atoms with Gasteiger partial charge in [-0.15, -0.1) is 0 Å². The van der Waals surface area contributed by atoms with Crippen molar-refractivity contribution >= 4 is 40.2 Å². The monoisotopic (exact) mass is 662 g/mol. The van der Waals surface area contributed by atoms with Crippen LogP contribution >= 0.6 is 22.6 Å². The van der Waals surface area contributed by atoms with Gasteiger partial charge in [-0.2, -0.15) is 13.2 Å². The van der Waals surface area contributed by atoms with Crippen molar-refractivity contribution in [1.82, 2.24) is 4.98 Å². The number of halogens is 5. The summed E-state index contributed by atoms with van der Waals surface area (Å²) in [6.07, 6.45) is 3.81. The van der Waals surface area contributed by atoms with E-state index in [-0.39, 0.29) is 32.7 Å². The molecule has 11 heteroatoms. The number of amides is 1. The maximum atomic E-state index is 15.5. The molecule has 1 aromatic carbocycles. The summed E-state index contributed by atoms with van der Waals surface area (Å²) >= 11 is 1.69. The molecule has 0 atom stereocenters. The molecule has 1 heterocycles. The van der Waals surface area contributed by atoms with Crippen molar-refractivity contribution in [2.75, 3.05) is 12.0 Å². The van der Waals surface area contributed by atoms with Gasteiger partial charge in [-0.25, -0.2) is 14.2 Å². The van der Waals surface area contributed by atoms with Gasteiger partial charge < -0.3 is 14.4 Å². The number of nitrogens with zero attached hydrogens (tertiary/aromatic N) is 2. The molecule has 2 aliphatic rings. The van der Waals surface area contributed by atoms with Gasteiger partial charge in [-0.1, -0.05) is 26.2 Å². The SMILES string of the molecule is COC(=O)c1cc(Oc2ncc(I)cc2C(F)(F)F)c(F)cc1N(C(=O)C1CCC(C)CC1)C1CCCCC1. The summed E-state index contributed by atoms with van der Waals surface area (Å²) in [5.74, 6) is -3.23. The number of anilines is 1. The Morgan fingerprint density at radius 3 is 2.31 bits per heavy atom. The van der Waals surface area contributed by atoms with Crippen molar-refractivity contribution in [3.8, 4) is 11.6 Å². The highest BCUT2D eigenvalue weighted by Gasteiger charge is 2.38. The normalized spacial score (nSPS) is 20.4. The Kier molecular flexibility index (Phi) is 9.38. The average molecular weight is 662 g/mol. The van der Waals surface area contributed by atoms with Gasteiger partial charge in [0.15, 0.2) is 11.6 Å². The number of hydrogen-bond acceptors (Lipinski definition) is 5. The molecule has 0 spiro atoms. The fourth-order valence-electron chi connectivity index (χ4n) is 5.45. The van der Waals surface area contributed by atoms with Gasteiger partial charge >= 0.3 is 12.1 Å². The predicted octanol–water partition coefficient (Wildman–Crippen LogP) is 7.92. The molecule has 2 aromatic rings. The first-order valence-corrected chi connectivity index (χ1v) is 14.2. The van der Waals surface area contributed by atoms with Gasteiger partial charge in [0.05, 0.1) is 18.4 Å². The summed E-state index contributed by atoms with van der Waals surface area (Å²) in [6.45, 7) is 2.15. The standard InChI is InChI=1S/C28H31F4IN2O4/c1-16-8-10-17(11-9-16)26(36)35(19-6-4-3-5-7-19)23-14-22(29)24(13-20(23)27(37)38-2)39-25-21(28(30,31)32)12-18(33)15-34-25/h12-17,19H,3-11H2,1-2H3. The smallest absolute Gasteiger partial charge is 0.421 e. The van der Waals surface area contributed by atoms with Gasteiger partial charge in [-0.3, -0.25) is 4.79 Å². The molecule has 39 heavy (non-hydrogen) atoms. The molecule has 2 aliphatic carbocycles. The summed E-state index contributed by atoms with van der Waals surface area (Å²) in [5, 5.41) is 0. The molecule has 212 valence electrons. The van der Waals surface area contributed by atoms with E-state index in [9.17, 15) is 22.8 Å². The van der Waals surface area contributed by atoms with Gasteiger partial charge in [0.2, 0.25) is 11.8 Å².